The van der Waals surface area contributed by atoms with Gasteiger partial charge in [0.05, 0.1) is 33.5 Å². The molecule has 0 aliphatic rings. The molecule has 0 bridgehead atoms. The Balaban J connectivity index is 1.36. The Morgan fingerprint density at radius 1 is 0.400 bits per heavy atom. The van der Waals surface area contributed by atoms with Crippen molar-refractivity contribution >= 4 is 93.5 Å². The Bertz CT molecular complexity index is 3110. The summed E-state index contributed by atoms with van der Waals surface area (Å²) in [4.78, 5) is 2.40. The first kappa shape index (κ1) is 27.2. The zero-order valence-electron chi connectivity index (χ0n) is 26.9. The number of hydrogen-bond acceptors (Lipinski definition) is 3. The first-order valence-electron chi connectivity index (χ1n) is 16.9. The molecule has 0 atom stereocenters. The van der Waals surface area contributed by atoms with Gasteiger partial charge in [-0.05, 0) is 53.9 Å². The minimum Gasteiger partial charge on any atom is -0.455 e. The molecule has 3 heterocycles. The van der Waals surface area contributed by atoms with Crippen LogP contribution in [0.25, 0.3) is 82.1 Å². The molecule has 0 unspecified atom stereocenters. The van der Waals surface area contributed by atoms with Crippen LogP contribution >= 0.6 is 0 Å². The third-order valence-corrected chi connectivity index (χ3v) is 10.1. The molecule has 0 fully saturated rings. The van der Waals surface area contributed by atoms with Crippen LogP contribution in [0.5, 0.6) is 0 Å². The number of fused-ring (bicyclic) bond motifs is 11. The molecule has 50 heavy (non-hydrogen) atoms. The van der Waals surface area contributed by atoms with Crippen molar-refractivity contribution in [1.29, 1.82) is 0 Å². The third kappa shape index (κ3) is 3.76. The summed E-state index contributed by atoms with van der Waals surface area (Å²) in [5.41, 5.74) is 9.82. The predicted octanol–water partition coefficient (Wildman–Crippen LogP) is 13.2. The summed E-state index contributed by atoms with van der Waals surface area (Å²) in [6.45, 7) is 0. The maximum Gasteiger partial charge on any atom is 0.159 e. The third-order valence-electron chi connectivity index (χ3n) is 10.1. The highest BCUT2D eigenvalue weighted by molar-refractivity contribution is 6.24. The van der Waals surface area contributed by atoms with E-state index in [9.17, 15) is 0 Å². The largest absolute Gasteiger partial charge is 0.455 e. The molecular formula is C46H28N2O2. The van der Waals surface area contributed by atoms with Gasteiger partial charge < -0.3 is 18.3 Å². The molecule has 4 heteroatoms. The van der Waals surface area contributed by atoms with E-state index in [0.717, 1.165) is 88.4 Å². The summed E-state index contributed by atoms with van der Waals surface area (Å²) in [7, 11) is 0. The smallest absolute Gasteiger partial charge is 0.159 e. The molecule has 3 aromatic heterocycles. The van der Waals surface area contributed by atoms with Crippen LogP contribution in [0, 0.1) is 0 Å². The fraction of sp³-hybridized carbons (Fsp3) is 0. The molecule has 0 amide bonds. The highest BCUT2D eigenvalue weighted by Crippen LogP contribution is 2.50. The standard InChI is InChI=1S/C46H28N2O2/c1-2-15-30(16-3-1)47-37-23-9-6-18-32(37)34-21-12-24-38(44(34)47)48(39-25-13-22-35-33-19-7-10-26-41(33)49-45(35)39)40-28-29-14-4-5-17-31(29)46-43(40)36-20-8-11-27-42(36)50-46/h1-28H. The molecule has 0 aliphatic carbocycles. The predicted molar refractivity (Wildman–Crippen MR) is 208 cm³/mol. The topological polar surface area (TPSA) is 34.5 Å². The van der Waals surface area contributed by atoms with E-state index in [0.29, 0.717) is 0 Å². The first-order chi connectivity index (χ1) is 24.8. The summed E-state index contributed by atoms with van der Waals surface area (Å²) >= 11 is 0. The van der Waals surface area contributed by atoms with Crippen LogP contribution in [-0.2, 0) is 0 Å². The lowest BCUT2D eigenvalue weighted by Gasteiger charge is -2.28. The van der Waals surface area contributed by atoms with E-state index in [1.54, 1.807) is 0 Å². The second-order valence-corrected chi connectivity index (χ2v) is 12.9. The summed E-state index contributed by atoms with van der Waals surface area (Å²) in [5.74, 6) is 0. The molecule has 0 saturated heterocycles. The van der Waals surface area contributed by atoms with Gasteiger partial charge in [0.25, 0.3) is 0 Å². The van der Waals surface area contributed by atoms with Crippen LogP contribution in [0.1, 0.15) is 0 Å². The van der Waals surface area contributed by atoms with Crippen molar-refractivity contribution in [2.75, 3.05) is 4.90 Å². The van der Waals surface area contributed by atoms with Crippen molar-refractivity contribution in [3.63, 3.8) is 0 Å². The van der Waals surface area contributed by atoms with Gasteiger partial charge in [-0.3, -0.25) is 0 Å². The zero-order valence-corrected chi connectivity index (χ0v) is 26.9. The number of hydrogen-bond donors (Lipinski definition) is 0. The number of furan rings is 2. The van der Waals surface area contributed by atoms with Crippen LogP contribution in [0.3, 0.4) is 0 Å². The van der Waals surface area contributed by atoms with Gasteiger partial charge in [0.1, 0.15) is 16.7 Å². The molecular weight excluding hydrogens is 613 g/mol. The van der Waals surface area contributed by atoms with E-state index in [2.05, 4.69) is 167 Å². The minimum absolute atomic E-state index is 0.835. The first-order valence-corrected chi connectivity index (χ1v) is 16.9. The highest BCUT2D eigenvalue weighted by atomic mass is 16.3. The van der Waals surface area contributed by atoms with E-state index >= 15 is 0 Å². The molecule has 234 valence electrons. The second-order valence-electron chi connectivity index (χ2n) is 12.9. The van der Waals surface area contributed by atoms with Gasteiger partial charge in [-0.1, -0.05) is 121 Å². The number of para-hydroxylation sites is 6. The average Bonchev–Trinajstić information content (AvgIpc) is 3.86. The lowest BCUT2D eigenvalue weighted by molar-refractivity contribution is 0.669. The lowest BCUT2D eigenvalue weighted by atomic mass is 10.0. The fourth-order valence-corrected chi connectivity index (χ4v) is 8.04. The zero-order chi connectivity index (χ0) is 32.8. The van der Waals surface area contributed by atoms with E-state index < -0.39 is 0 Å². The number of rotatable bonds is 4. The normalized spacial score (nSPS) is 12.0. The molecule has 8 aromatic carbocycles. The van der Waals surface area contributed by atoms with Gasteiger partial charge in [-0.15, -0.1) is 0 Å². The van der Waals surface area contributed by atoms with Crippen molar-refractivity contribution in [3.8, 4) is 5.69 Å². The van der Waals surface area contributed by atoms with Gasteiger partial charge in [-0.25, -0.2) is 0 Å². The van der Waals surface area contributed by atoms with Gasteiger partial charge in [0.2, 0.25) is 0 Å². The molecule has 0 aliphatic heterocycles. The van der Waals surface area contributed by atoms with Gasteiger partial charge in [-0.2, -0.15) is 0 Å². The molecule has 0 radical (unpaired) electrons. The van der Waals surface area contributed by atoms with Crippen LogP contribution in [-0.4, -0.2) is 4.57 Å². The average molecular weight is 641 g/mol. The quantitative estimate of drug-likeness (QED) is 0.192. The van der Waals surface area contributed by atoms with Crippen molar-refractivity contribution in [3.05, 3.63) is 170 Å². The molecule has 0 N–H and O–H groups in total. The van der Waals surface area contributed by atoms with Crippen molar-refractivity contribution < 1.29 is 8.83 Å². The van der Waals surface area contributed by atoms with Gasteiger partial charge >= 0.3 is 0 Å². The van der Waals surface area contributed by atoms with Crippen LogP contribution < -0.4 is 4.90 Å². The fourth-order valence-electron chi connectivity index (χ4n) is 8.04. The van der Waals surface area contributed by atoms with Crippen molar-refractivity contribution in [2.45, 2.75) is 0 Å². The van der Waals surface area contributed by atoms with E-state index in [4.69, 9.17) is 8.83 Å². The van der Waals surface area contributed by atoms with Crippen molar-refractivity contribution in [2.24, 2.45) is 0 Å². The molecule has 11 rings (SSSR count). The highest BCUT2D eigenvalue weighted by Gasteiger charge is 2.27. The van der Waals surface area contributed by atoms with Crippen molar-refractivity contribution in [1.82, 2.24) is 4.57 Å². The summed E-state index contributed by atoms with van der Waals surface area (Å²) in [6.07, 6.45) is 0. The summed E-state index contributed by atoms with van der Waals surface area (Å²) < 4.78 is 15.9. The van der Waals surface area contributed by atoms with E-state index in [1.165, 1.54) is 10.8 Å². The molecule has 0 saturated carbocycles. The Morgan fingerprint density at radius 3 is 1.84 bits per heavy atom. The summed E-state index contributed by atoms with van der Waals surface area (Å²) in [6, 6.07) is 60.0. The number of benzene rings is 8. The number of nitrogens with zero attached hydrogens (tertiary/aromatic N) is 2. The van der Waals surface area contributed by atoms with Gasteiger partial charge in [0.15, 0.2) is 5.58 Å². The SMILES string of the molecule is c1ccc(-n2c3ccccc3c3cccc(N(c4cccc5c4oc4ccccc45)c4cc5ccccc5c5oc6ccccc6c45)c32)cc1. The van der Waals surface area contributed by atoms with E-state index in [1.807, 2.05) is 12.1 Å². The van der Waals surface area contributed by atoms with E-state index in [-0.39, 0.29) is 0 Å². The molecule has 0 spiro atoms. The maximum absolute atomic E-state index is 6.79. The monoisotopic (exact) mass is 640 g/mol. The van der Waals surface area contributed by atoms with Crippen LogP contribution in [0.15, 0.2) is 179 Å². The van der Waals surface area contributed by atoms with Crippen LogP contribution in [0.2, 0.25) is 0 Å². The van der Waals surface area contributed by atoms with Gasteiger partial charge in [0, 0.05) is 38.0 Å². The summed E-state index contributed by atoms with van der Waals surface area (Å²) in [5, 5.41) is 8.87. The Labute approximate surface area is 286 Å². The Hall–Kier alpha value is -6.78. The number of aromatic nitrogens is 1. The lowest BCUT2D eigenvalue weighted by Crippen LogP contribution is -2.12. The Morgan fingerprint density at radius 2 is 1.00 bits per heavy atom. The van der Waals surface area contributed by atoms with Crippen LogP contribution in [0.4, 0.5) is 17.1 Å². The molecule has 11 aromatic rings. The number of anilines is 3. The Kier molecular flexibility index (Phi) is 5.63. The maximum atomic E-state index is 6.79. The second kappa shape index (κ2) is 10.4. The minimum atomic E-state index is 0.835. The molecule has 4 nitrogen and oxygen atoms in total.